The van der Waals surface area contributed by atoms with Gasteiger partial charge in [-0.3, -0.25) is 4.79 Å². The van der Waals surface area contributed by atoms with Gasteiger partial charge in [0.15, 0.2) is 0 Å². The molecule has 0 aliphatic heterocycles. The third-order valence-electron chi connectivity index (χ3n) is 3.01. The average molecular weight is 247 g/mol. The smallest absolute Gasteiger partial charge is 0.383 e. The van der Waals surface area contributed by atoms with Crippen LogP contribution >= 0.6 is 0 Å². The van der Waals surface area contributed by atoms with Crippen molar-refractivity contribution in [2.45, 2.75) is 37.9 Å². The van der Waals surface area contributed by atoms with Crippen molar-refractivity contribution in [2.75, 3.05) is 5.73 Å². The van der Waals surface area contributed by atoms with E-state index in [1.165, 1.54) is 4.68 Å². The fourth-order valence-corrected chi connectivity index (χ4v) is 2.14. The van der Waals surface area contributed by atoms with Gasteiger partial charge in [0.25, 0.3) is 5.78 Å². The Labute approximate surface area is 95.6 Å². The molecular formula is C10H12F3N3O. The van der Waals surface area contributed by atoms with E-state index in [9.17, 15) is 18.0 Å². The van der Waals surface area contributed by atoms with Crippen molar-refractivity contribution in [3.05, 3.63) is 11.8 Å². The highest BCUT2D eigenvalue weighted by molar-refractivity contribution is 6.03. The predicted octanol–water partition coefficient (Wildman–Crippen LogP) is 2.33. The molecular weight excluding hydrogens is 235 g/mol. The normalized spacial score (nSPS) is 17.6. The van der Waals surface area contributed by atoms with Gasteiger partial charge in [-0.05, 0) is 12.8 Å². The number of nitrogens with two attached hydrogens (primary N) is 1. The number of hydrogen-bond donors (Lipinski definition) is 1. The van der Waals surface area contributed by atoms with Crippen LogP contribution in [0.25, 0.3) is 0 Å². The summed E-state index contributed by atoms with van der Waals surface area (Å²) >= 11 is 0. The molecule has 17 heavy (non-hydrogen) atoms. The second-order valence-electron chi connectivity index (χ2n) is 4.15. The van der Waals surface area contributed by atoms with Gasteiger partial charge in [0.2, 0.25) is 0 Å². The second-order valence-corrected chi connectivity index (χ2v) is 4.15. The zero-order valence-electron chi connectivity index (χ0n) is 9.00. The first-order valence-corrected chi connectivity index (χ1v) is 5.35. The standard InChI is InChI=1S/C10H12F3N3O/c11-10(12,13)8(17)7-5-15-16(9(7)14)6-3-1-2-4-6/h5-6H,1-4,14H2. The molecule has 1 aliphatic carbocycles. The maximum absolute atomic E-state index is 12.3. The lowest BCUT2D eigenvalue weighted by molar-refractivity contribution is -0.0884. The Morgan fingerprint density at radius 1 is 1.41 bits per heavy atom. The average Bonchev–Trinajstić information content (AvgIpc) is 2.83. The van der Waals surface area contributed by atoms with Gasteiger partial charge in [-0.25, -0.2) is 4.68 Å². The highest BCUT2D eigenvalue weighted by Crippen LogP contribution is 2.33. The summed E-state index contributed by atoms with van der Waals surface area (Å²) in [6.45, 7) is 0. The van der Waals surface area contributed by atoms with Crippen LogP contribution in [0.15, 0.2) is 6.20 Å². The number of carbonyl (C=O) groups is 1. The molecule has 1 aromatic heterocycles. The summed E-state index contributed by atoms with van der Waals surface area (Å²) in [4.78, 5) is 11.1. The number of alkyl halides is 3. The molecule has 1 aliphatic rings. The first-order chi connectivity index (χ1) is 7.91. The maximum atomic E-state index is 12.3. The summed E-state index contributed by atoms with van der Waals surface area (Å²) in [5.41, 5.74) is 5.01. The SMILES string of the molecule is Nc1c(C(=O)C(F)(F)F)cnn1C1CCCC1. The van der Waals surface area contributed by atoms with Crippen molar-refractivity contribution in [1.82, 2.24) is 9.78 Å². The Morgan fingerprint density at radius 2 is 2.00 bits per heavy atom. The van der Waals surface area contributed by atoms with E-state index in [2.05, 4.69) is 5.10 Å². The maximum Gasteiger partial charge on any atom is 0.455 e. The lowest BCUT2D eigenvalue weighted by Crippen LogP contribution is -2.23. The van der Waals surface area contributed by atoms with E-state index in [0.717, 1.165) is 31.9 Å². The molecule has 0 radical (unpaired) electrons. The number of nitrogen functional groups attached to an aromatic ring is 1. The molecule has 0 bridgehead atoms. The molecule has 0 atom stereocenters. The first-order valence-electron chi connectivity index (χ1n) is 5.35. The summed E-state index contributed by atoms with van der Waals surface area (Å²) in [5.74, 6) is -2.11. The van der Waals surface area contributed by atoms with Crippen molar-refractivity contribution >= 4 is 11.6 Å². The summed E-state index contributed by atoms with van der Waals surface area (Å²) in [6.07, 6.45) is -0.308. The highest BCUT2D eigenvalue weighted by Gasteiger charge is 2.41. The van der Waals surface area contributed by atoms with E-state index in [-0.39, 0.29) is 11.9 Å². The molecule has 1 saturated carbocycles. The summed E-state index contributed by atoms with van der Waals surface area (Å²) in [5, 5.41) is 3.80. The van der Waals surface area contributed by atoms with E-state index in [0.29, 0.717) is 0 Å². The number of nitrogens with zero attached hydrogens (tertiary/aromatic N) is 2. The number of hydrogen-bond acceptors (Lipinski definition) is 3. The Morgan fingerprint density at radius 3 is 2.53 bits per heavy atom. The van der Waals surface area contributed by atoms with Gasteiger partial charge in [0.1, 0.15) is 5.82 Å². The van der Waals surface area contributed by atoms with Crippen LogP contribution in [0.1, 0.15) is 42.1 Å². The molecule has 1 fully saturated rings. The molecule has 1 aromatic rings. The highest BCUT2D eigenvalue weighted by atomic mass is 19.4. The van der Waals surface area contributed by atoms with Gasteiger partial charge in [-0.15, -0.1) is 0 Å². The van der Waals surface area contributed by atoms with Crippen LogP contribution in [0.4, 0.5) is 19.0 Å². The molecule has 0 aromatic carbocycles. The molecule has 0 amide bonds. The molecule has 0 spiro atoms. The molecule has 4 nitrogen and oxygen atoms in total. The molecule has 0 unspecified atom stereocenters. The Bertz CT molecular complexity index is 432. The Kier molecular flexibility index (Phi) is 2.84. The summed E-state index contributed by atoms with van der Waals surface area (Å²) in [6, 6.07) is 0.0183. The quantitative estimate of drug-likeness (QED) is 0.816. The number of anilines is 1. The van der Waals surface area contributed by atoms with Crippen LogP contribution < -0.4 is 5.73 Å². The van der Waals surface area contributed by atoms with E-state index in [4.69, 9.17) is 5.73 Å². The fourth-order valence-electron chi connectivity index (χ4n) is 2.14. The van der Waals surface area contributed by atoms with Gasteiger partial charge in [0.05, 0.1) is 17.8 Å². The summed E-state index contributed by atoms with van der Waals surface area (Å²) in [7, 11) is 0. The van der Waals surface area contributed by atoms with Gasteiger partial charge < -0.3 is 5.73 Å². The minimum atomic E-state index is -4.91. The zero-order chi connectivity index (χ0) is 12.6. The number of halogens is 3. The zero-order valence-corrected chi connectivity index (χ0v) is 9.00. The van der Waals surface area contributed by atoms with Crippen LogP contribution in [0.3, 0.4) is 0 Å². The minimum Gasteiger partial charge on any atom is -0.383 e. The fraction of sp³-hybridized carbons (Fsp3) is 0.600. The minimum absolute atomic E-state index is 0.0183. The molecule has 0 saturated heterocycles. The van der Waals surface area contributed by atoms with Crippen molar-refractivity contribution in [2.24, 2.45) is 0 Å². The topological polar surface area (TPSA) is 60.9 Å². The number of Topliss-reactive ketones (excluding diaryl/α,β-unsaturated/α-hetero) is 1. The van der Waals surface area contributed by atoms with Crippen LogP contribution in [0, 0.1) is 0 Å². The number of carbonyl (C=O) groups excluding carboxylic acids is 1. The predicted molar refractivity (Wildman–Crippen MR) is 54.5 cm³/mol. The van der Waals surface area contributed by atoms with E-state index in [1.807, 2.05) is 0 Å². The van der Waals surface area contributed by atoms with Crippen LogP contribution in [0.2, 0.25) is 0 Å². The first kappa shape index (κ1) is 11.9. The Balaban J connectivity index is 2.29. The molecule has 94 valence electrons. The lowest BCUT2D eigenvalue weighted by atomic mass is 10.2. The number of rotatable bonds is 2. The van der Waals surface area contributed by atoms with Crippen molar-refractivity contribution in [3.8, 4) is 0 Å². The molecule has 1 heterocycles. The van der Waals surface area contributed by atoms with Gasteiger partial charge in [-0.1, -0.05) is 12.8 Å². The molecule has 2 N–H and O–H groups in total. The lowest BCUT2D eigenvalue weighted by Gasteiger charge is -2.12. The van der Waals surface area contributed by atoms with E-state index in [1.54, 1.807) is 0 Å². The van der Waals surface area contributed by atoms with Crippen molar-refractivity contribution < 1.29 is 18.0 Å². The van der Waals surface area contributed by atoms with Crippen molar-refractivity contribution in [3.63, 3.8) is 0 Å². The summed E-state index contributed by atoms with van der Waals surface area (Å²) < 4.78 is 38.1. The largest absolute Gasteiger partial charge is 0.455 e. The molecule has 2 rings (SSSR count). The monoisotopic (exact) mass is 247 g/mol. The number of aromatic nitrogens is 2. The van der Waals surface area contributed by atoms with Crippen LogP contribution in [-0.2, 0) is 0 Å². The van der Waals surface area contributed by atoms with Crippen LogP contribution in [-0.4, -0.2) is 21.7 Å². The third kappa shape index (κ3) is 2.13. The molecule has 7 heteroatoms. The third-order valence-corrected chi connectivity index (χ3v) is 3.01. The van der Waals surface area contributed by atoms with Gasteiger partial charge in [0, 0.05) is 0 Å². The van der Waals surface area contributed by atoms with Crippen LogP contribution in [0.5, 0.6) is 0 Å². The second kappa shape index (κ2) is 4.05. The Hall–Kier alpha value is -1.53. The van der Waals surface area contributed by atoms with E-state index < -0.39 is 17.5 Å². The van der Waals surface area contributed by atoms with Gasteiger partial charge >= 0.3 is 6.18 Å². The van der Waals surface area contributed by atoms with E-state index >= 15 is 0 Å². The number of ketones is 1. The van der Waals surface area contributed by atoms with Gasteiger partial charge in [-0.2, -0.15) is 18.3 Å². The van der Waals surface area contributed by atoms with Crippen molar-refractivity contribution in [1.29, 1.82) is 0 Å².